The Morgan fingerprint density at radius 3 is 2.88 bits per heavy atom. The van der Waals surface area contributed by atoms with E-state index in [9.17, 15) is 9.50 Å². The van der Waals surface area contributed by atoms with Crippen LogP contribution in [-0.4, -0.2) is 51.3 Å². The van der Waals surface area contributed by atoms with Gasteiger partial charge in [0.15, 0.2) is 0 Å². The molecule has 1 fully saturated rings. The Bertz CT molecular complexity index is 703. The zero-order valence-corrected chi connectivity index (χ0v) is 14.8. The summed E-state index contributed by atoms with van der Waals surface area (Å²) in [4.78, 5) is 8.05. The average molecular weight is 365 g/mol. The van der Waals surface area contributed by atoms with Gasteiger partial charge in [0.05, 0.1) is 43.9 Å². The van der Waals surface area contributed by atoms with Gasteiger partial charge < -0.3 is 19.9 Å². The largest absolute Gasteiger partial charge is 0.475 e. The monoisotopic (exact) mass is 365 g/mol. The topological polar surface area (TPSA) is 94.3 Å². The molecule has 0 aliphatic heterocycles. The zero-order chi connectivity index (χ0) is 18.4. The van der Waals surface area contributed by atoms with Crippen LogP contribution >= 0.6 is 0 Å². The number of aromatic nitrogens is 4. The van der Waals surface area contributed by atoms with Gasteiger partial charge in [-0.2, -0.15) is 14.5 Å². The lowest BCUT2D eigenvalue weighted by atomic mass is 9.88. The third kappa shape index (κ3) is 5.12. The van der Waals surface area contributed by atoms with E-state index in [2.05, 4.69) is 20.4 Å². The highest BCUT2D eigenvalue weighted by Crippen LogP contribution is 2.25. The van der Waals surface area contributed by atoms with Gasteiger partial charge in [0.1, 0.15) is 0 Å². The van der Waals surface area contributed by atoms with E-state index in [4.69, 9.17) is 9.47 Å². The average Bonchev–Trinajstić information content (AvgIpc) is 3.09. The van der Waals surface area contributed by atoms with Crippen LogP contribution in [0.1, 0.15) is 25.7 Å². The zero-order valence-electron chi connectivity index (χ0n) is 14.8. The van der Waals surface area contributed by atoms with Gasteiger partial charge in [-0.1, -0.05) is 0 Å². The van der Waals surface area contributed by atoms with Gasteiger partial charge in [-0.3, -0.25) is 4.68 Å². The first kappa shape index (κ1) is 18.5. The molecular weight excluding hydrogens is 341 g/mol. The van der Waals surface area contributed by atoms with Crippen LogP contribution in [0.5, 0.6) is 5.88 Å². The lowest BCUT2D eigenvalue weighted by Gasteiger charge is -2.25. The summed E-state index contributed by atoms with van der Waals surface area (Å²) in [5, 5.41) is 16.7. The van der Waals surface area contributed by atoms with Gasteiger partial charge in [0, 0.05) is 13.3 Å². The normalized spacial score (nSPS) is 20.1. The van der Waals surface area contributed by atoms with Crippen LogP contribution < -0.4 is 10.1 Å². The third-order valence-electron chi connectivity index (χ3n) is 4.40. The van der Waals surface area contributed by atoms with Crippen LogP contribution in [0.2, 0.25) is 0 Å². The summed E-state index contributed by atoms with van der Waals surface area (Å²) in [5.41, 5.74) is 0.694. The molecule has 0 saturated heterocycles. The van der Waals surface area contributed by atoms with E-state index < -0.39 is 5.82 Å². The maximum absolute atomic E-state index is 13.9. The van der Waals surface area contributed by atoms with Crippen molar-refractivity contribution in [2.45, 2.75) is 38.3 Å². The second-order valence-electron chi connectivity index (χ2n) is 6.44. The van der Waals surface area contributed by atoms with Crippen LogP contribution in [0, 0.1) is 11.7 Å². The Morgan fingerprint density at radius 2 is 2.12 bits per heavy atom. The van der Waals surface area contributed by atoms with Crippen LogP contribution in [0.15, 0.2) is 18.6 Å². The van der Waals surface area contributed by atoms with E-state index in [0.29, 0.717) is 31.4 Å². The number of rotatable bonds is 8. The van der Waals surface area contributed by atoms with Gasteiger partial charge in [0.2, 0.25) is 11.8 Å². The number of aliphatic hydroxyl groups is 1. The summed E-state index contributed by atoms with van der Waals surface area (Å²) in [7, 11) is 1.63. The van der Waals surface area contributed by atoms with E-state index >= 15 is 0 Å². The number of hydrogen-bond acceptors (Lipinski definition) is 7. The molecule has 3 rings (SSSR count). The molecule has 9 heteroatoms. The third-order valence-corrected chi connectivity index (χ3v) is 4.40. The SMILES string of the molecule is COCCn1cc(Nc2ncc(F)c(OCC3CCC(O)CC3)n2)cn1. The highest BCUT2D eigenvalue weighted by Gasteiger charge is 2.20. The summed E-state index contributed by atoms with van der Waals surface area (Å²) in [5.74, 6) is -0.113. The Labute approximate surface area is 151 Å². The summed E-state index contributed by atoms with van der Waals surface area (Å²) in [6, 6.07) is 0. The molecular formula is C17H24FN5O3. The molecule has 8 nitrogen and oxygen atoms in total. The number of methoxy groups -OCH3 is 1. The molecule has 0 unspecified atom stereocenters. The predicted molar refractivity (Wildman–Crippen MR) is 92.8 cm³/mol. The molecule has 2 heterocycles. The number of anilines is 2. The molecule has 2 aromatic heterocycles. The molecule has 0 atom stereocenters. The van der Waals surface area contributed by atoms with Gasteiger partial charge in [-0.15, -0.1) is 0 Å². The molecule has 0 bridgehead atoms. The van der Waals surface area contributed by atoms with E-state index in [1.807, 2.05) is 0 Å². The molecule has 26 heavy (non-hydrogen) atoms. The van der Waals surface area contributed by atoms with Crippen molar-refractivity contribution < 1.29 is 19.0 Å². The second kappa shape index (κ2) is 8.91. The highest BCUT2D eigenvalue weighted by molar-refractivity contribution is 5.50. The lowest BCUT2D eigenvalue weighted by molar-refractivity contribution is 0.0899. The maximum atomic E-state index is 13.9. The summed E-state index contributed by atoms with van der Waals surface area (Å²) < 4.78 is 26.2. The fourth-order valence-electron chi connectivity index (χ4n) is 2.89. The van der Waals surface area contributed by atoms with Gasteiger partial charge in [0.25, 0.3) is 5.88 Å². The molecule has 0 radical (unpaired) electrons. The van der Waals surface area contributed by atoms with Crippen molar-refractivity contribution >= 4 is 11.6 Å². The molecule has 1 aliphatic carbocycles. The smallest absolute Gasteiger partial charge is 0.255 e. The van der Waals surface area contributed by atoms with Crippen LogP contribution in [-0.2, 0) is 11.3 Å². The number of aliphatic hydroxyl groups excluding tert-OH is 1. The molecule has 2 N–H and O–H groups in total. The summed E-state index contributed by atoms with van der Waals surface area (Å²) in [6.45, 7) is 1.58. The van der Waals surface area contributed by atoms with Crippen LogP contribution in [0.25, 0.3) is 0 Å². The van der Waals surface area contributed by atoms with Crippen molar-refractivity contribution in [3.8, 4) is 5.88 Å². The number of nitrogens with zero attached hydrogens (tertiary/aromatic N) is 4. The Morgan fingerprint density at radius 1 is 1.31 bits per heavy atom. The van der Waals surface area contributed by atoms with Gasteiger partial charge in [-0.25, -0.2) is 4.98 Å². The number of hydrogen-bond donors (Lipinski definition) is 2. The first-order chi connectivity index (χ1) is 12.6. The molecule has 1 aliphatic rings. The minimum atomic E-state index is -0.595. The van der Waals surface area contributed by atoms with Crippen molar-refractivity contribution in [1.29, 1.82) is 0 Å². The van der Waals surface area contributed by atoms with E-state index in [0.717, 1.165) is 31.9 Å². The Balaban J connectivity index is 1.57. The molecule has 2 aromatic rings. The Hall–Kier alpha value is -2.26. The molecule has 0 amide bonds. The molecule has 142 valence electrons. The lowest BCUT2D eigenvalue weighted by Crippen LogP contribution is -2.23. The first-order valence-corrected chi connectivity index (χ1v) is 8.76. The van der Waals surface area contributed by atoms with E-state index in [1.165, 1.54) is 0 Å². The van der Waals surface area contributed by atoms with Gasteiger partial charge in [-0.05, 0) is 31.6 Å². The highest BCUT2D eigenvalue weighted by atomic mass is 19.1. The van der Waals surface area contributed by atoms with Crippen molar-refractivity contribution in [2.75, 3.05) is 25.6 Å². The minimum Gasteiger partial charge on any atom is -0.475 e. The fourth-order valence-corrected chi connectivity index (χ4v) is 2.89. The molecule has 0 spiro atoms. The number of nitrogens with one attached hydrogen (secondary N) is 1. The number of ether oxygens (including phenoxy) is 2. The van der Waals surface area contributed by atoms with Crippen molar-refractivity contribution in [3.63, 3.8) is 0 Å². The van der Waals surface area contributed by atoms with Gasteiger partial charge >= 0.3 is 0 Å². The predicted octanol–water partition coefficient (Wildman–Crippen LogP) is 2.13. The second-order valence-corrected chi connectivity index (χ2v) is 6.44. The Kier molecular flexibility index (Phi) is 6.35. The molecule has 0 aromatic carbocycles. The first-order valence-electron chi connectivity index (χ1n) is 8.76. The van der Waals surface area contributed by atoms with E-state index in [-0.39, 0.29) is 17.9 Å². The van der Waals surface area contributed by atoms with Crippen molar-refractivity contribution in [3.05, 3.63) is 24.4 Å². The van der Waals surface area contributed by atoms with Crippen molar-refractivity contribution in [2.24, 2.45) is 5.92 Å². The van der Waals surface area contributed by atoms with E-state index in [1.54, 1.807) is 24.2 Å². The summed E-state index contributed by atoms with van der Waals surface area (Å²) >= 11 is 0. The maximum Gasteiger partial charge on any atom is 0.255 e. The summed E-state index contributed by atoms with van der Waals surface area (Å²) in [6.07, 6.45) is 7.57. The quantitative estimate of drug-likeness (QED) is 0.740. The van der Waals surface area contributed by atoms with Crippen molar-refractivity contribution in [1.82, 2.24) is 19.7 Å². The van der Waals surface area contributed by atoms with Crippen LogP contribution in [0.4, 0.5) is 16.0 Å². The van der Waals surface area contributed by atoms with Crippen LogP contribution in [0.3, 0.4) is 0 Å². The minimum absolute atomic E-state index is 0.0691. The molecule has 1 saturated carbocycles. The number of halogens is 1. The fraction of sp³-hybridized carbons (Fsp3) is 0.588. The standard InChI is InChI=1S/C17H24FN5O3/c1-25-7-6-23-10-13(8-20-23)21-17-19-9-15(18)16(22-17)26-11-12-2-4-14(24)5-3-12/h8-10,12,14,24H,2-7,11H2,1H3,(H,19,21,22).